The van der Waals surface area contributed by atoms with Crippen molar-refractivity contribution in [2.24, 2.45) is 0 Å². The Kier molecular flexibility index (Phi) is 3.48. The lowest BCUT2D eigenvalue weighted by Crippen LogP contribution is -2.32. The van der Waals surface area contributed by atoms with Gasteiger partial charge >= 0.3 is 0 Å². The Morgan fingerprint density at radius 1 is 0.269 bits per heavy atom. The van der Waals surface area contributed by atoms with Crippen molar-refractivity contribution in [2.75, 3.05) is 0 Å². The number of benzene rings is 2. The first-order valence-corrected chi connectivity index (χ1v) is 9.75. The predicted molar refractivity (Wildman–Crippen MR) is 115 cm³/mol. The van der Waals surface area contributed by atoms with E-state index in [0.29, 0.717) is 0 Å². The van der Waals surface area contributed by atoms with Crippen LogP contribution in [0.15, 0.2) is 5.57 Å². The molecule has 0 atom stereocenters. The largest absolute Gasteiger partial charge is 0.0444 e. The number of fused-ring (bicyclic) bond motifs is 5. The second-order valence-corrected chi connectivity index (χ2v) is 8.50. The van der Waals surface area contributed by atoms with Gasteiger partial charge in [-0.05, 0) is 158 Å². The number of allylic oxidation sites excluding steroid dienone is 2. The van der Waals surface area contributed by atoms with E-state index >= 15 is 0 Å². The van der Waals surface area contributed by atoms with Crippen molar-refractivity contribution < 1.29 is 0 Å². The zero-order valence-electron chi connectivity index (χ0n) is 18.0. The molecule has 0 aliphatic heterocycles. The van der Waals surface area contributed by atoms with E-state index in [2.05, 4.69) is 69.2 Å². The van der Waals surface area contributed by atoms with E-state index < -0.39 is 0 Å². The normalized spacial score (nSPS) is 15.0. The smallest absolute Gasteiger partial charge is 0.00577 e. The zero-order valence-corrected chi connectivity index (χ0v) is 18.0. The maximum Gasteiger partial charge on any atom is -0.00577 e. The van der Waals surface area contributed by atoms with Crippen molar-refractivity contribution in [3.8, 4) is 11.1 Å². The molecule has 0 radical (unpaired) electrons. The average Bonchev–Trinajstić information content (AvgIpc) is 3.03. The molecule has 0 saturated carbocycles. The fourth-order valence-corrected chi connectivity index (χ4v) is 5.41. The lowest BCUT2D eigenvalue weighted by atomic mass is 9.85. The highest BCUT2D eigenvalue weighted by molar-refractivity contribution is 5.98. The molecule has 0 fully saturated rings. The van der Waals surface area contributed by atoms with E-state index in [1.165, 1.54) is 88.4 Å². The summed E-state index contributed by atoms with van der Waals surface area (Å²) in [5.74, 6) is 0. The Morgan fingerprint density at radius 2 is 0.692 bits per heavy atom. The van der Waals surface area contributed by atoms with Gasteiger partial charge < -0.3 is 0 Å². The molecule has 2 aliphatic rings. The van der Waals surface area contributed by atoms with Crippen LogP contribution in [0.25, 0.3) is 27.8 Å². The molecule has 0 unspecified atom stereocenters. The van der Waals surface area contributed by atoms with Crippen LogP contribution in [-0.4, -0.2) is 0 Å². The van der Waals surface area contributed by atoms with Gasteiger partial charge in [-0.3, -0.25) is 0 Å². The Morgan fingerprint density at radius 3 is 1.27 bits per heavy atom. The highest BCUT2D eigenvalue weighted by atomic mass is 14.3. The van der Waals surface area contributed by atoms with Gasteiger partial charge in [0.05, 0.1) is 0 Å². The molecule has 0 aromatic heterocycles. The second-order valence-electron chi connectivity index (χ2n) is 8.50. The monoisotopic (exact) mass is 342 g/mol. The molecule has 2 aromatic rings. The van der Waals surface area contributed by atoms with Crippen LogP contribution in [0.1, 0.15) is 72.2 Å². The topological polar surface area (TPSA) is 0 Å². The summed E-state index contributed by atoms with van der Waals surface area (Å²) < 4.78 is 0. The van der Waals surface area contributed by atoms with Crippen molar-refractivity contribution in [3.05, 3.63) is 60.5 Å². The van der Waals surface area contributed by atoms with Gasteiger partial charge in [0.15, 0.2) is 0 Å². The second kappa shape index (κ2) is 5.22. The fourth-order valence-electron chi connectivity index (χ4n) is 5.41. The number of rotatable bonds is 0. The lowest BCUT2D eigenvalue weighted by molar-refractivity contribution is 1.20. The van der Waals surface area contributed by atoms with Crippen LogP contribution in [-0.2, 0) is 0 Å². The molecular weight excluding hydrogens is 312 g/mol. The average molecular weight is 343 g/mol. The van der Waals surface area contributed by atoms with E-state index in [0.717, 1.165) is 0 Å². The zero-order chi connectivity index (χ0) is 19.2. The minimum absolute atomic E-state index is 1.45. The van der Waals surface area contributed by atoms with Crippen LogP contribution in [0, 0.1) is 41.5 Å². The highest BCUT2D eigenvalue weighted by Gasteiger charge is 2.30. The van der Waals surface area contributed by atoms with E-state index in [1.54, 1.807) is 0 Å². The molecule has 2 aliphatic carbocycles. The van der Waals surface area contributed by atoms with Crippen molar-refractivity contribution >= 4 is 16.7 Å². The summed E-state index contributed by atoms with van der Waals surface area (Å²) >= 11 is 0. The van der Waals surface area contributed by atoms with Crippen LogP contribution < -0.4 is 10.4 Å². The summed E-state index contributed by atoms with van der Waals surface area (Å²) in [6.07, 6.45) is 0. The Hall–Kier alpha value is -2.08. The quantitative estimate of drug-likeness (QED) is 0.575. The van der Waals surface area contributed by atoms with Gasteiger partial charge in [0.25, 0.3) is 0 Å². The van der Waals surface area contributed by atoms with E-state index in [1.807, 2.05) is 0 Å². The van der Waals surface area contributed by atoms with Crippen molar-refractivity contribution in [3.63, 3.8) is 0 Å². The van der Waals surface area contributed by atoms with Gasteiger partial charge in [-0.2, -0.15) is 0 Å². The highest BCUT2D eigenvalue weighted by Crippen LogP contribution is 2.43. The van der Waals surface area contributed by atoms with Gasteiger partial charge in [-0.15, -0.1) is 0 Å². The number of hydrogen-bond acceptors (Lipinski definition) is 0. The summed E-state index contributed by atoms with van der Waals surface area (Å²) in [6, 6.07) is 0. The first-order chi connectivity index (χ1) is 12.1. The maximum atomic E-state index is 2.34. The summed E-state index contributed by atoms with van der Waals surface area (Å²) in [4.78, 5) is 0. The molecule has 26 heavy (non-hydrogen) atoms. The molecule has 0 N–H and O–H groups in total. The standard InChI is InChI=1S/C26H30/c1-11-12(2)16(6)24-22(14(11)4)20(10)26-23-17(7)13(3)15(5)21(23)18(8)19(9)25(24)26/h1-10H3. The minimum atomic E-state index is 1.45. The molecule has 0 bridgehead atoms. The van der Waals surface area contributed by atoms with E-state index in [-0.39, 0.29) is 0 Å². The molecule has 0 heteroatoms. The molecular formula is C26H30. The van der Waals surface area contributed by atoms with Gasteiger partial charge in [-0.1, -0.05) is 0 Å². The van der Waals surface area contributed by atoms with Gasteiger partial charge in [0.2, 0.25) is 0 Å². The third-order valence-electron chi connectivity index (χ3n) is 7.62. The first kappa shape index (κ1) is 17.3. The maximum absolute atomic E-state index is 2.34. The summed E-state index contributed by atoms with van der Waals surface area (Å²) in [6.45, 7) is 23.1. The summed E-state index contributed by atoms with van der Waals surface area (Å²) in [5, 5.41) is 3.00. The number of hydrogen-bond donors (Lipinski definition) is 0. The molecule has 0 nitrogen and oxygen atoms in total. The first-order valence-electron chi connectivity index (χ1n) is 9.75. The fraction of sp³-hybridized carbons (Fsp3) is 0.385. The lowest BCUT2D eigenvalue weighted by Gasteiger charge is -2.19. The molecule has 134 valence electrons. The third-order valence-corrected chi connectivity index (χ3v) is 7.62. The van der Waals surface area contributed by atoms with Gasteiger partial charge in [0.1, 0.15) is 0 Å². The molecule has 0 spiro atoms. The molecule has 2 aromatic carbocycles. The third kappa shape index (κ3) is 1.76. The van der Waals surface area contributed by atoms with E-state index in [9.17, 15) is 0 Å². The van der Waals surface area contributed by atoms with Crippen LogP contribution in [0.2, 0.25) is 0 Å². The molecule has 0 amide bonds. The van der Waals surface area contributed by atoms with Crippen LogP contribution in [0.3, 0.4) is 0 Å². The summed E-state index contributed by atoms with van der Waals surface area (Å²) in [5.41, 5.74) is 20.6. The van der Waals surface area contributed by atoms with Crippen molar-refractivity contribution in [1.29, 1.82) is 0 Å². The SMILES string of the molecule is CC1=C(C)c2c(C)c(C)c3c(c2=C1C)=C(C)c1c(C)c(C)c(C)c(C)c1-3. The molecule has 0 saturated heterocycles. The van der Waals surface area contributed by atoms with Gasteiger partial charge in [-0.25, -0.2) is 0 Å². The minimum Gasteiger partial charge on any atom is -0.0444 e. The van der Waals surface area contributed by atoms with Crippen LogP contribution in [0.5, 0.6) is 0 Å². The Balaban J connectivity index is 2.37. The van der Waals surface area contributed by atoms with E-state index in [4.69, 9.17) is 0 Å². The predicted octanol–water partition coefficient (Wildman–Crippen LogP) is 5.71. The molecule has 0 heterocycles. The van der Waals surface area contributed by atoms with Gasteiger partial charge in [0, 0.05) is 0 Å². The Bertz CT molecular complexity index is 1190. The Labute approximate surface area is 158 Å². The summed E-state index contributed by atoms with van der Waals surface area (Å²) in [7, 11) is 0. The van der Waals surface area contributed by atoms with Crippen LogP contribution >= 0.6 is 0 Å². The van der Waals surface area contributed by atoms with Crippen molar-refractivity contribution in [2.45, 2.75) is 69.2 Å². The molecule has 4 rings (SSSR count). The van der Waals surface area contributed by atoms with Crippen LogP contribution in [0.4, 0.5) is 0 Å². The van der Waals surface area contributed by atoms with Crippen molar-refractivity contribution in [1.82, 2.24) is 0 Å².